The summed E-state index contributed by atoms with van der Waals surface area (Å²) in [5, 5.41) is 7.41. The molecule has 1 aliphatic heterocycles. The lowest BCUT2D eigenvalue weighted by Crippen LogP contribution is -2.45. The molecule has 3 nitrogen and oxygen atoms in total. The quantitative estimate of drug-likeness (QED) is 0.213. The van der Waals surface area contributed by atoms with Crippen molar-refractivity contribution >= 4 is 5.84 Å². The van der Waals surface area contributed by atoms with Crippen LogP contribution >= 0.6 is 0 Å². The van der Waals surface area contributed by atoms with Crippen molar-refractivity contribution < 1.29 is 0 Å². The van der Waals surface area contributed by atoms with E-state index in [0.29, 0.717) is 0 Å². The second-order valence-electron chi connectivity index (χ2n) is 12.5. The van der Waals surface area contributed by atoms with Gasteiger partial charge in [-0.1, -0.05) is 159 Å². The lowest BCUT2D eigenvalue weighted by molar-refractivity contribution is 0.409. The first kappa shape index (κ1) is 27.3. The first-order valence-electron chi connectivity index (χ1n) is 15.7. The number of amidine groups is 1. The van der Waals surface area contributed by atoms with Crippen LogP contribution < -0.4 is 10.6 Å². The molecule has 0 radical (unpaired) electrons. The fraction of sp³-hybridized carbons (Fsp3) is 0.119. The number of rotatable bonds is 5. The summed E-state index contributed by atoms with van der Waals surface area (Å²) >= 11 is 0. The third kappa shape index (κ3) is 4.86. The van der Waals surface area contributed by atoms with Crippen LogP contribution in [0, 0.1) is 0 Å². The molecule has 1 aliphatic carbocycles. The van der Waals surface area contributed by atoms with E-state index in [0.717, 1.165) is 17.0 Å². The van der Waals surface area contributed by atoms with Crippen molar-refractivity contribution in [2.75, 3.05) is 0 Å². The van der Waals surface area contributed by atoms with E-state index in [9.17, 15) is 0 Å². The first-order valence-corrected chi connectivity index (χ1v) is 15.7. The van der Waals surface area contributed by atoms with E-state index in [1.54, 1.807) is 0 Å². The third-order valence-corrected chi connectivity index (χ3v) is 9.41. The molecule has 2 aliphatic rings. The van der Waals surface area contributed by atoms with Gasteiger partial charge < -0.3 is 5.32 Å². The maximum Gasteiger partial charge on any atom is 0.131 e. The fourth-order valence-electron chi connectivity index (χ4n) is 7.00. The van der Waals surface area contributed by atoms with Crippen molar-refractivity contribution in [3.05, 3.63) is 179 Å². The average molecular weight is 582 g/mol. The first-order chi connectivity index (χ1) is 22.1. The summed E-state index contributed by atoms with van der Waals surface area (Å²) < 4.78 is 0. The maximum absolute atomic E-state index is 5.21. The second kappa shape index (κ2) is 11.0. The van der Waals surface area contributed by atoms with Gasteiger partial charge in [-0.15, -0.1) is 0 Å². The Kier molecular flexibility index (Phi) is 6.70. The average Bonchev–Trinajstić information content (AvgIpc) is 3.34. The molecule has 6 aromatic carbocycles. The van der Waals surface area contributed by atoms with Crippen molar-refractivity contribution in [3.63, 3.8) is 0 Å². The van der Waals surface area contributed by atoms with E-state index in [1.165, 1.54) is 50.1 Å². The molecule has 8 rings (SSSR count). The van der Waals surface area contributed by atoms with Gasteiger partial charge in [-0.05, 0) is 61.7 Å². The number of hydrogen-bond acceptors (Lipinski definition) is 3. The van der Waals surface area contributed by atoms with Crippen LogP contribution in [0.3, 0.4) is 0 Å². The zero-order valence-electron chi connectivity index (χ0n) is 25.5. The number of nitrogens with one attached hydrogen (secondary N) is 2. The molecular weight excluding hydrogens is 546 g/mol. The van der Waals surface area contributed by atoms with Gasteiger partial charge in [0.15, 0.2) is 0 Å². The van der Waals surface area contributed by atoms with E-state index >= 15 is 0 Å². The predicted octanol–water partition coefficient (Wildman–Crippen LogP) is 9.66. The van der Waals surface area contributed by atoms with E-state index in [2.05, 4.69) is 170 Å². The lowest BCUT2D eigenvalue weighted by Gasteiger charge is -2.33. The minimum absolute atomic E-state index is 0.0145. The number of nitrogens with zero attached hydrogens (tertiary/aromatic N) is 1. The van der Waals surface area contributed by atoms with E-state index in [1.807, 2.05) is 6.07 Å². The molecule has 6 aromatic rings. The van der Waals surface area contributed by atoms with Gasteiger partial charge in [0.25, 0.3) is 0 Å². The molecule has 0 bridgehead atoms. The minimum atomic E-state index is -0.219. The molecule has 218 valence electrons. The van der Waals surface area contributed by atoms with Crippen LogP contribution in [-0.4, -0.2) is 5.84 Å². The Morgan fingerprint density at radius 1 is 0.511 bits per heavy atom. The Morgan fingerprint density at radius 2 is 1.11 bits per heavy atom. The Bertz CT molecular complexity index is 2030. The van der Waals surface area contributed by atoms with Crippen molar-refractivity contribution in [2.24, 2.45) is 4.99 Å². The number of fused-ring (bicyclic) bond motifs is 3. The van der Waals surface area contributed by atoms with Gasteiger partial charge in [0.2, 0.25) is 0 Å². The molecule has 2 atom stereocenters. The van der Waals surface area contributed by atoms with Crippen molar-refractivity contribution in [3.8, 4) is 33.4 Å². The van der Waals surface area contributed by atoms with E-state index in [-0.39, 0.29) is 17.7 Å². The van der Waals surface area contributed by atoms with Gasteiger partial charge in [0.1, 0.15) is 18.2 Å². The van der Waals surface area contributed by atoms with E-state index in [4.69, 9.17) is 4.99 Å². The van der Waals surface area contributed by atoms with Crippen molar-refractivity contribution in [2.45, 2.75) is 31.6 Å². The molecule has 0 fully saturated rings. The molecule has 0 aromatic heterocycles. The van der Waals surface area contributed by atoms with Crippen LogP contribution in [0.2, 0.25) is 0 Å². The van der Waals surface area contributed by atoms with Gasteiger partial charge in [0, 0.05) is 11.0 Å². The van der Waals surface area contributed by atoms with Gasteiger partial charge in [-0.2, -0.15) is 0 Å². The molecule has 2 unspecified atom stereocenters. The standard InChI is InChI=1S/C42H35N3/c1-42(2)37-20-12-11-18-34(37)35-26-25-32(27-38(35)42)28-21-23-29(24-22-28)33-17-9-10-19-36(33)41-44-39(30-13-5-3-6-14-30)43-40(45-41)31-15-7-4-8-16-31/h3-27,39,41,44H,1-2H3,(H,43,45). The molecule has 45 heavy (non-hydrogen) atoms. The summed E-state index contributed by atoms with van der Waals surface area (Å²) in [5.41, 5.74) is 13.7. The Hall–Kier alpha value is -5.25. The molecule has 1 heterocycles. The molecule has 2 N–H and O–H groups in total. The van der Waals surface area contributed by atoms with Gasteiger partial charge in [-0.25, -0.2) is 4.99 Å². The lowest BCUT2D eigenvalue weighted by atomic mass is 9.81. The van der Waals surface area contributed by atoms with Crippen LogP contribution in [0.1, 0.15) is 54.0 Å². The highest BCUT2D eigenvalue weighted by molar-refractivity contribution is 5.99. The normalized spacial score (nSPS) is 18.0. The summed E-state index contributed by atoms with van der Waals surface area (Å²) in [6, 6.07) is 54.3. The summed E-state index contributed by atoms with van der Waals surface area (Å²) in [6.45, 7) is 4.68. The van der Waals surface area contributed by atoms with Crippen molar-refractivity contribution in [1.82, 2.24) is 10.6 Å². The Labute approximate surface area is 265 Å². The Balaban J connectivity index is 1.14. The van der Waals surface area contributed by atoms with Crippen LogP contribution in [-0.2, 0) is 5.41 Å². The Morgan fingerprint density at radius 3 is 1.89 bits per heavy atom. The highest BCUT2D eigenvalue weighted by Crippen LogP contribution is 2.49. The highest BCUT2D eigenvalue weighted by atomic mass is 15.3. The van der Waals surface area contributed by atoms with Crippen LogP contribution in [0.5, 0.6) is 0 Å². The topological polar surface area (TPSA) is 36.4 Å². The zero-order valence-corrected chi connectivity index (χ0v) is 25.5. The number of hydrogen-bond donors (Lipinski definition) is 2. The SMILES string of the molecule is CC1(C)c2ccccc2-c2ccc(-c3ccc(-c4ccccc4C4N=C(c5ccccc5)NC(c5ccccc5)N4)cc3)cc21. The highest BCUT2D eigenvalue weighted by Gasteiger charge is 2.35. The second-order valence-corrected chi connectivity index (χ2v) is 12.5. The van der Waals surface area contributed by atoms with Crippen LogP contribution in [0.4, 0.5) is 0 Å². The molecule has 3 heteroatoms. The summed E-state index contributed by atoms with van der Waals surface area (Å²) in [6.07, 6.45) is -0.294. The van der Waals surface area contributed by atoms with E-state index < -0.39 is 0 Å². The van der Waals surface area contributed by atoms with Gasteiger partial charge in [0.05, 0.1) is 0 Å². The van der Waals surface area contributed by atoms with Crippen LogP contribution in [0.25, 0.3) is 33.4 Å². The summed E-state index contributed by atoms with van der Waals surface area (Å²) in [5.74, 6) is 0.889. The minimum Gasteiger partial charge on any atom is -0.350 e. The molecule has 0 spiro atoms. The summed E-state index contributed by atoms with van der Waals surface area (Å²) in [7, 11) is 0. The predicted molar refractivity (Wildman–Crippen MR) is 186 cm³/mol. The van der Waals surface area contributed by atoms with Crippen LogP contribution in [0.15, 0.2) is 157 Å². The molecule has 0 saturated carbocycles. The molecule has 0 saturated heterocycles. The van der Waals surface area contributed by atoms with Gasteiger partial charge in [-0.3, -0.25) is 5.32 Å². The monoisotopic (exact) mass is 581 g/mol. The number of aliphatic imine (C=N–C) groups is 1. The third-order valence-electron chi connectivity index (χ3n) is 9.41. The number of benzene rings is 6. The smallest absolute Gasteiger partial charge is 0.131 e. The maximum atomic E-state index is 5.21. The largest absolute Gasteiger partial charge is 0.350 e. The van der Waals surface area contributed by atoms with Crippen molar-refractivity contribution in [1.29, 1.82) is 0 Å². The molecule has 0 amide bonds. The van der Waals surface area contributed by atoms with Gasteiger partial charge >= 0.3 is 0 Å². The fourth-order valence-corrected chi connectivity index (χ4v) is 7.00. The molecular formula is C42H35N3. The zero-order chi connectivity index (χ0) is 30.4. The summed E-state index contributed by atoms with van der Waals surface area (Å²) in [4.78, 5) is 5.21.